The summed E-state index contributed by atoms with van der Waals surface area (Å²) >= 11 is 0. The molecule has 0 bridgehead atoms. The van der Waals surface area contributed by atoms with E-state index in [-0.39, 0.29) is 0 Å². The summed E-state index contributed by atoms with van der Waals surface area (Å²) in [5, 5.41) is 0. The van der Waals surface area contributed by atoms with E-state index in [2.05, 4.69) is 4.99 Å². The molecule has 0 radical (unpaired) electrons. The molecule has 0 heterocycles. The summed E-state index contributed by atoms with van der Waals surface area (Å²) in [7, 11) is 0. The molecule has 1 fully saturated rings. The molecule has 96 valence electrons. The second kappa shape index (κ2) is 5.67. The zero-order valence-electron chi connectivity index (χ0n) is 10.4. The third-order valence-corrected chi connectivity index (χ3v) is 3.43. The van der Waals surface area contributed by atoms with Gasteiger partial charge >= 0.3 is 0 Å². The number of primary amides is 1. The number of nitrogens with two attached hydrogens (primary N) is 2. The van der Waals surface area contributed by atoms with Gasteiger partial charge < -0.3 is 11.5 Å². The fourth-order valence-electron chi connectivity index (χ4n) is 2.34. The maximum absolute atomic E-state index is 10.9. The number of rotatable bonds is 3. The summed E-state index contributed by atoms with van der Waals surface area (Å²) in [5.41, 5.74) is 12.5. The van der Waals surface area contributed by atoms with Crippen LogP contribution in [0.15, 0.2) is 29.3 Å². The van der Waals surface area contributed by atoms with E-state index in [0.717, 1.165) is 18.5 Å². The van der Waals surface area contributed by atoms with Crippen molar-refractivity contribution in [2.45, 2.75) is 32.1 Å². The van der Waals surface area contributed by atoms with Crippen LogP contribution in [0.3, 0.4) is 0 Å². The largest absolute Gasteiger partial charge is 0.387 e. The smallest absolute Gasteiger partial charge is 0.248 e. The minimum Gasteiger partial charge on any atom is -0.387 e. The third-order valence-electron chi connectivity index (χ3n) is 3.43. The van der Waals surface area contributed by atoms with E-state index in [1.54, 1.807) is 24.3 Å². The predicted molar refractivity (Wildman–Crippen MR) is 72.8 cm³/mol. The Morgan fingerprint density at radius 2 is 1.67 bits per heavy atom. The molecule has 0 unspecified atom stereocenters. The first-order valence-electron chi connectivity index (χ1n) is 6.41. The van der Waals surface area contributed by atoms with Gasteiger partial charge in [-0.15, -0.1) is 0 Å². The van der Waals surface area contributed by atoms with Gasteiger partial charge in [-0.25, -0.2) is 4.99 Å². The maximum atomic E-state index is 10.9. The van der Waals surface area contributed by atoms with Gasteiger partial charge in [0.2, 0.25) is 5.91 Å². The molecule has 4 N–H and O–H groups in total. The van der Waals surface area contributed by atoms with Gasteiger partial charge in [0.25, 0.3) is 0 Å². The molecule has 1 aliphatic carbocycles. The number of benzene rings is 1. The number of amidine groups is 1. The van der Waals surface area contributed by atoms with Gasteiger partial charge in [0.1, 0.15) is 5.84 Å². The van der Waals surface area contributed by atoms with E-state index in [1.165, 1.54) is 19.3 Å². The van der Waals surface area contributed by atoms with E-state index >= 15 is 0 Å². The molecule has 0 spiro atoms. The molecule has 2 rings (SSSR count). The summed E-state index contributed by atoms with van der Waals surface area (Å²) in [6.45, 7) is 0. The lowest BCUT2D eigenvalue weighted by molar-refractivity contribution is 0.100. The van der Waals surface area contributed by atoms with Crippen LogP contribution in [0.4, 0.5) is 5.69 Å². The molecule has 0 aliphatic heterocycles. The number of carbonyl (C=O) groups excluding carboxylic acids is 1. The van der Waals surface area contributed by atoms with Crippen LogP contribution in [0, 0.1) is 5.92 Å². The van der Waals surface area contributed by atoms with Crippen LogP contribution in [0.25, 0.3) is 0 Å². The Hall–Kier alpha value is -1.84. The zero-order chi connectivity index (χ0) is 13.0. The number of aliphatic imine (C=N–C) groups is 1. The number of hydrogen-bond acceptors (Lipinski definition) is 2. The van der Waals surface area contributed by atoms with Crippen LogP contribution in [0.2, 0.25) is 0 Å². The van der Waals surface area contributed by atoms with E-state index in [9.17, 15) is 4.79 Å². The zero-order valence-corrected chi connectivity index (χ0v) is 10.4. The summed E-state index contributed by atoms with van der Waals surface area (Å²) in [4.78, 5) is 15.4. The lowest BCUT2D eigenvalue weighted by Crippen LogP contribution is -2.25. The topological polar surface area (TPSA) is 81.5 Å². The van der Waals surface area contributed by atoms with Crippen molar-refractivity contribution in [3.05, 3.63) is 29.8 Å². The third kappa shape index (κ3) is 3.09. The molecule has 4 heteroatoms. The van der Waals surface area contributed by atoms with Crippen molar-refractivity contribution in [1.29, 1.82) is 0 Å². The molecule has 1 amide bonds. The average molecular weight is 245 g/mol. The molecule has 1 aromatic rings. The van der Waals surface area contributed by atoms with Crippen LogP contribution >= 0.6 is 0 Å². The van der Waals surface area contributed by atoms with Gasteiger partial charge in [0, 0.05) is 11.5 Å². The van der Waals surface area contributed by atoms with Crippen molar-refractivity contribution in [1.82, 2.24) is 0 Å². The first kappa shape index (κ1) is 12.6. The lowest BCUT2D eigenvalue weighted by Gasteiger charge is -2.20. The molecule has 0 aromatic heterocycles. The minimum absolute atomic E-state index is 0.412. The van der Waals surface area contributed by atoms with E-state index in [1.807, 2.05) is 0 Å². The summed E-state index contributed by atoms with van der Waals surface area (Å²) in [5.74, 6) is 0.696. The molecule has 1 aliphatic rings. The average Bonchev–Trinajstić information content (AvgIpc) is 2.40. The summed E-state index contributed by atoms with van der Waals surface area (Å²) in [6, 6.07) is 6.90. The Bertz CT molecular complexity index is 445. The van der Waals surface area contributed by atoms with Gasteiger partial charge in [-0.3, -0.25) is 4.79 Å². The van der Waals surface area contributed by atoms with Gasteiger partial charge in [0.15, 0.2) is 0 Å². The predicted octanol–water partition coefficient (Wildman–Crippen LogP) is 2.35. The molecule has 0 atom stereocenters. The van der Waals surface area contributed by atoms with Gasteiger partial charge in [-0.2, -0.15) is 0 Å². The van der Waals surface area contributed by atoms with Crippen LogP contribution in [0.5, 0.6) is 0 Å². The molecular formula is C14H19N3O. The fraction of sp³-hybridized carbons (Fsp3) is 0.429. The summed E-state index contributed by atoms with van der Waals surface area (Å²) in [6.07, 6.45) is 6.05. The monoisotopic (exact) mass is 245 g/mol. The highest BCUT2D eigenvalue weighted by Gasteiger charge is 2.16. The Labute approximate surface area is 107 Å². The van der Waals surface area contributed by atoms with Crippen LogP contribution in [0.1, 0.15) is 42.5 Å². The standard InChI is InChI=1S/C14H19N3O/c15-13(10-4-2-1-3-5-10)17-12-8-6-11(7-9-12)14(16)18/h6-10H,1-5H2,(H2,15,17)(H2,16,18). The van der Waals surface area contributed by atoms with Crippen molar-refractivity contribution in [2.75, 3.05) is 0 Å². The first-order valence-corrected chi connectivity index (χ1v) is 6.41. The molecule has 1 saturated carbocycles. The van der Waals surface area contributed by atoms with Gasteiger partial charge in [-0.1, -0.05) is 19.3 Å². The molecular weight excluding hydrogens is 226 g/mol. The highest BCUT2D eigenvalue weighted by molar-refractivity contribution is 5.93. The molecule has 18 heavy (non-hydrogen) atoms. The Kier molecular flexibility index (Phi) is 3.97. The van der Waals surface area contributed by atoms with Crippen LogP contribution in [-0.4, -0.2) is 11.7 Å². The van der Waals surface area contributed by atoms with E-state index in [0.29, 0.717) is 17.3 Å². The number of nitrogens with zero attached hydrogens (tertiary/aromatic N) is 1. The first-order chi connectivity index (χ1) is 8.66. The van der Waals surface area contributed by atoms with Gasteiger partial charge in [-0.05, 0) is 37.1 Å². The number of hydrogen-bond donors (Lipinski definition) is 2. The van der Waals surface area contributed by atoms with Crippen molar-refractivity contribution in [3.8, 4) is 0 Å². The van der Waals surface area contributed by atoms with E-state index < -0.39 is 5.91 Å². The van der Waals surface area contributed by atoms with Crippen molar-refractivity contribution >= 4 is 17.4 Å². The van der Waals surface area contributed by atoms with Crippen LogP contribution in [-0.2, 0) is 0 Å². The lowest BCUT2D eigenvalue weighted by atomic mass is 9.88. The SMILES string of the molecule is NC(=O)c1ccc(N=C(N)C2CCCCC2)cc1. The Morgan fingerprint density at radius 3 is 2.22 bits per heavy atom. The minimum atomic E-state index is -0.425. The van der Waals surface area contributed by atoms with Gasteiger partial charge in [0.05, 0.1) is 5.69 Å². The van der Waals surface area contributed by atoms with Crippen molar-refractivity contribution in [2.24, 2.45) is 22.4 Å². The second-order valence-electron chi connectivity index (χ2n) is 4.78. The quantitative estimate of drug-likeness (QED) is 0.633. The number of amides is 1. The van der Waals surface area contributed by atoms with Crippen molar-refractivity contribution < 1.29 is 4.79 Å². The Morgan fingerprint density at radius 1 is 1.06 bits per heavy atom. The van der Waals surface area contributed by atoms with Crippen molar-refractivity contribution in [3.63, 3.8) is 0 Å². The molecule has 0 saturated heterocycles. The molecule has 1 aromatic carbocycles. The highest BCUT2D eigenvalue weighted by Crippen LogP contribution is 2.25. The van der Waals surface area contributed by atoms with E-state index in [4.69, 9.17) is 11.5 Å². The van der Waals surface area contributed by atoms with Crippen LogP contribution < -0.4 is 11.5 Å². The molecule has 4 nitrogen and oxygen atoms in total. The Balaban J connectivity index is 2.08. The highest BCUT2D eigenvalue weighted by atomic mass is 16.1. The maximum Gasteiger partial charge on any atom is 0.248 e. The number of carbonyl (C=O) groups is 1. The fourth-order valence-corrected chi connectivity index (χ4v) is 2.34. The second-order valence-corrected chi connectivity index (χ2v) is 4.78. The normalized spacial score (nSPS) is 17.7. The summed E-state index contributed by atoms with van der Waals surface area (Å²) < 4.78 is 0.